The van der Waals surface area contributed by atoms with Gasteiger partial charge in [-0.05, 0) is 17.0 Å². The van der Waals surface area contributed by atoms with Crippen LogP contribution in [-0.4, -0.2) is 21.5 Å². The van der Waals surface area contributed by atoms with Crippen LogP contribution in [0.15, 0.2) is 41.3 Å². The molecule has 5 nitrogen and oxygen atoms in total. The van der Waals surface area contributed by atoms with Gasteiger partial charge in [0, 0.05) is 0 Å². The zero-order valence-electron chi connectivity index (χ0n) is 14.4. The summed E-state index contributed by atoms with van der Waals surface area (Å²) in [7, 11) is -2.78. The van der Waals surface area contributed by atoms with Gasteiger partial charge in [-0.2, -0.15) is 0 Å². The monoisotopic (exact) mass is 401 g/mol. The van der Waals surface area contributed by atoms with E-state index in [9.17, 15) is 13.2 Å². The molecular formula is C17H20ClNO4S2. The molecular weight excluding hydrogens is 382 g/mol. The summed E-state index contributed by atoms with van der Waals surface area (Å²) >= 11 is 6.81. The maximum atomic E-state index is 12.9. The first-order valence-corrected chi connectivity index (χ1v) is 10.2. The second-order valence-electron chi connectivity index (χ2n) is 6.57. The van der Waals surface area contributed by atoms with Crippen LogP contribution in [0.4, 0.5) is 0 Å². The Kier molecular flexibility index (Phi) is 5.93. The van der Waals surface area contributed by atoms with E-state index in [1.165, 1.54) is 13.2 Å². The number of sulfonamides is 1. The smallest absolute Gasteiger partial charge is 0.349 e. The van der Waals surface area contributed by atoms with Gasteiger partial charge < -0.3 is 4.74 Å². The lowest BCUT2D eigenvalue weighted by Crippen LogP contribution is -2.37. The predicted octanol–water partition coefficient (Wildman–Crippen LogP) is 4.25. The molecule has 0 aliphatic rings. The molecule has 25 heavy (non-hydrogen) atoms. The largest absolute Gasteiger partial charge is 0.465 e. The first kappa shape index (κ1) is 19.9. The van der Waals surface area contributed by atoms with Gasteiger partial charge in [0.05, 0.1) is 17.5 Å². The number of carbonyl (C=O) groups excluding carboxylic acids is 1. The first-order chi connectivity index (χ1) is 11.6. The number of methoxy groups -OCH3 is 1. The quantitative estimate of drug-likeness (QED) is 0.760. The van der Waals surface area contributed by atoms with E-state index < -0.39 is 22.0 Å². The zero-order chi connectivity index (χ0) is 18.8. The normalized spacial score (nSPS) is 13.5. The zero-order valence-corrected chi connectivity index (χ0v) is 16.8. The molecule has 0 fully saturated rings. The van der Waals surface area contributed by atoms with Gasteiger partial charge in [0.1, 0.15) is 9.77 Å². The van der Waals surface area contributed by atoms with E-state index in [-0.39, 0.29) is 19.5 Å². The number of ether oxygens (including phenoxy) is 1. The van der Waals surface area contributed by atoms with Gasteiger partial charge in [-0.25, -0.2) is 17.9 Å². The Bertz CT molecular complexity index is 855. The van der Waals surface area contributed by atoms with Crippen molar-refractivity contribution in [1.82, 2.24) is 4.72 Å². The minimum atomic E-state index is -3.98. The van der Waals surface area contributed by atoms with Gasteiger partial charge in [0.2, 0.25) is 10.0 Å². The summed E-state index contributed by atoms with van der Waals surface area (Å²) in [5, 5.41) is 0. The lowest BCUT2D eigenvalue weighted by molar-refractivity contribution is 0.0602. The van der Waals surface area contributed by atoms with Crippen molar-refractivity contribution in [2.75, 3.05) is 7.11 Å². The fourth-order valence-corrected chi connectivity index (χ4v) is 5.55. The fraction of sp³-hybridized carbons (Fsp3) is 0.353. The molecule has 0 aliphatic carbocycles. The number of thiophene rings is 1. The molecule has 1 aromatic carbocycles. The maximum absolute atomic E-state index is 12.9. The van der Waals surface area contributed by atoms with Gasteiger partial charge >= 0.3 is 5.97 Å². The number of esters is 1. The molecule has 0 saturated heterocycles. The SMILES string of the molecule is COC(=O)c1sc(Cl)cc1S(=O)(=O)NC(c1ccccc1)C(C)(C)C. The Morgan fingerprint density at radius 2 is 1.84 bits per heavy atom. The Labute approximate surface area is 157 Å². The second-order valence-corrected chi connectivity index (χ2v) is 9.93. The number of hydrogen-bond acceptors (Lipinski definition) is 5. The molecule has 0 saturated carbocycles. The van der Waals surface area contributed by atoms with E-state index in [0.29, 0.717) is 0 Å². The Hall–Kier alpha value is -1.41. The number of nitrogens with one attached hydrogen (secondary N) is 1. The summed E-state index contributed by atoms with van der Waals surface area (Å²) < 4.78 is 33.5. The average Bonchev–Trinajstić information content (AvgIpc) is 2.94. The molecule has 0 aliphatic heterocycles. The van der Waals surface area contributed by atoms with Crippen molar-refractivity contribution in [2.24, 2.45) is 5.41 Å². The standard InChI is InChI=1S/C17H20ClNO4S2/c1-17(2,3)15(11-8-6-5-7-9-11)19-25(21,22)12-10-13(18)24-14(12)16(20)23-4/h5-10,15,19H,1-4H3. The lowest BCUT2D eigenvalue weighted by Gasteiger charge is -2.31. The molecule has 1 heterocycles. The highest BCUT2D eigenvalue weighted by Crippen LogP contribution is 2.36. The van der Waals surface area contributed by atoms with Crippen molar-refractivity contribution in [2.45, 2.75) is 31.7 Å². The van der Waals surface area contributed by atoms with E-state index in [1.807, 2.05) is 51.1 Å². The molecule has 0 spiro atoms. The van der Waals surface area contributed by atoms with Crippen molar-refractivity contribution in [1.29, 1.82) is 0 Å². The number of hydrogen-bond donors (Lipinski definition) is 1. The summed E-state index contributed by atoms with van der Waals surface area (Å²) in [5.41, 5.74) is 0.444. The number of carbonyl (C=O) groups is 1. The topological polar surface area (TPSA) is 72.5 Å². The van der Waals surface area contributed by atoms with Gasteiger partial charge in [-0.3, -0.25) is 0 Å². The summed E-state index contributed by atoms with van der Waals surface area (Å²) in [6.07, 6.45) is 0. The molecule has 1 aromatic heterocycles. The molecule has 2 rings (SSSR count). The van der Waals surface area contributed by atoms with Crippen LogP contribution in [0.25, 0.3) is 0 Å². The van der Waals surface area contributed by atoms with Gasteiger partial charge in [0.15, 0.2) is 0 Å². The van der Waals surface area contributed by atoms with Crippen LogP contribution in [0.1, 0.15) is 42.0 Å². The van der Waals surface area contributed by atoms with Gasteiger partial charge in [-0.1, -0.05) is 62.7 Å². The second kappa shape index (κ2) is 7.45. The average molecular weight is 402 g/mol. The van der Waals surface area contributed by atoms with Crippen LogP contribution in [-0.2, 0) is 14.8 Å². The molecule has 1 atom stereocenters. The Balaban J connectivity index is 2.48. The van der Waals surface area contributed by atoms with Gasteiger partial charge in [-0.15, -0.1) is 11.3 Å². The Morgan fingerprint density at radius 1 is 1.24 bits per heavy atom. The molecule has 1 unspecified atom stereocenters. The number of rotatable bonds is 5. The van der Waals surface area contributed by atoms with Crippen LogP contribution in [0.5, 0.6) is 0 Å². The predicted molar refractivity (Wildman–Crippen MR) is 99.6 cm³/mol. The van der Waals surface area contributed by atoms with Crippen molar-refractivity contribution in [3.63, 3.8) is 0 Å². The van der Waals surface area contributed by atoms with E-state index >= 15 is 0 Å². The minimum Gasteiger partial charge on any atom is -0.465 e. The highest BCUT2D eigenvalue weighted by Gasteiger charge is 2.34. The Morgan fingerprint density at radius 3 is 2.36 bits per heavy atom. The van der Waals surface area contributed by atoms with E-state index in [4.69, 9.17) is 11.6 Å². The van der Waals surface area contributed by atoms with E-state index in [2.05, 4.69) is 9.46 Å². The van der Waals surface area contributed by atoms with Crippen molar-refractivity contribution in [3.05, 3.63) is 51.2 Å². The molecule has 2 aromatic rings. The summed E-state index contributed by atoms with van der Waals surface area (Å²) in [6.45, 7) is 5.82. The highest BCUT2D eigenvalue weighted by molar-refractivity contribution is 7.89. The van der Waals surface area contributed by atoms with Crippen LogP contribution >= 0.6 is 22.9 Å². The van der Waals surface area contributed by atoms with Gasteiger partial charge in [0.25, 0.3) is 0 Å². The molecule has 1 N–H and O–H groups in total. The van der Waals surface area contributed by atoms with E-state index in [1.54, 1.807) is 0 Å². The molecule has 0 amide bonds. The van der Waals surface area contributed by atoms with Crippen LogP contribution in [0.2, 0.25) is 4.34 Å². The highest BCUT2D eigenvalue weighted by atomic mass is 35.5. The third kappa shape index (κ3) is 4.61. The van der Waals surface area contributed by atoms with Crippen LogP contribution in [0, 0.1) is 5.41 Å². The third-order valence-electron chi connectivity index (χ3n) is 3.60. The molecule has 136 valence electrons. The summed E-state index contributed by atoms with van der Waals surface area (Å²) in [6, 6.07) is 10.1. The lowest BCUT2D eigenvalue weighted by atomic mass is 9.83. The summed E-state index contributed by atoms with van der Waals surface area (Å²) in [4.78, 5) is 11.7. The molecule has 0 radical (unpaired) electrons. The van der Waals surface area contributed by atoms with Crippen molar-refractivity contribution in [3.8, 4) is 0 Å². The fourth-order valence-electron chi connectivity index (χ4n) is 2.39. The molecule has 0 bridgehead atoms. The minimum absolute atomic E-state index is 0.0410. The van der Waals surface area contributed by atoms with Crippen LogP contribution < -0.4 is 4.72 Å². The van der Waals surface area contributed by atoms with Crippen LogP contribution in [0.3, 0.4) is 0 Å². The molecule has 8 heteroatoms. The van der Waals surface area contributed by atoms with Crippen molar-refractivity contribution < 1.29 is 17.9 Å². The summed E-state index contributed by atoms with van der Waals surface area (Å²) in [5.74, 6) is -0.732. The van der Waals surface area contributed by atoms with Crippen molar-refractivity contribution >= 4 is 38.9 Å². The number of benzene rings is 1. The number of halogens is 1. The maximum Gasteiger partial charge on any atom is 0.349 e. The third-order valence-corrected chi connectivity index (χ3v) is 6.42. The van der Waals surface area contributed by atoms with E-state index in [0.717, 1.165) is 16.9 Å². The first-order valence-electron chi connectivity index (χ1n) is 7.51.